The SMILES string of the molecule is CCC(C)NC(=O)Nc1cc(O)cc(O)c1. The van der Waals surface area contributed by atoms with Crippen LogP contribution in [0, 0.1) is 0 Å². The van der Waals surface area contributed by atoms with Gasteiger partial charge in [0.1, 0.15) is 11.5 Å². The maximum atomic E-state index is 11.4. The van der Waals surface area contributed by atoms with Crippen molar-refractivity contribution in [3.05, 3.63) is 18.2 Å². The minimum absolute atomic E-state index is 0.0749. The van der Waals surface area contributed by atoms with Crippen molar-refractivity contribution in [1.82, 2.24) is 5.32 Å². The van der Waals surface area contributed by atoms with Gasteiger partial charge in [-0.2, -0.15) is 0 Å². The molecule has 1 aromatic rings. The third-order valence-electron chi connectivity index (χ3n) is 2.15. The Balaban J connectivity index is 2.62. The standard InChI is InChI=1S/C11H16N2O3/c1-3-7(2)12-11(16)13-8-4-9(14)6-10(15)5-8/h4-7,14-15H,3H2,1-2H3,(H2,12,13,16). The van der Waals surface area contributed by atoms with E-state index in [1.807, 2.05) is 13.8 Å². The van der Waals surface area contributed by atoms with E-state index in [0.29, 0.717) is 5.69 Å². The summed E-state index contributed by atoms with van der Waals surface area (Å²) in [6, 6.07) is 3.62. The highest BCUT2D eigenvalue weighted by atomic mass is 16.3. The Kier molecular flexibility index (Phi) is 3.99. The molecule has 1 atom stereocenters. The average molecular weight is 224 g/mol. The van der Waals surface area contributed by atoms with Crippen LogP contribution in [0.4, 0.5) is 10.5 Å². The van der Waals surface area contributed by atoms with Gasteiger partial charge in [-0.1, -0.05) is 6.92 Å². The maximum absolute atomic E-state index is 11.4. The highest BCUT2D eigenvalue weighted by molar-refractivity contribution is 5.89. The number of urea groups is 1. The molecule has 5 nitrogen and oxygen atoms in total. The van der Waals surface area contributed by atoms with Crippen LogP contribution in [-0.4, -0.2) is 22.3 Å². The summed E-state index contributed by atoms with van der Waals surface area (Å²) in [7, 11) is 0. The number of phenolic OH excluding ortho intramolecular Hbond substituents is 2. The molecule has 0 heterocycles. The van der Waals surface area contributed by atoms with Crippen LogP contribution in [-0.2, 0) is 0 Å². The van der Waals surface area contributed by atoms with Crippen LogP contribution in [0.15, 0.2) is 18.2 Å². The second-order valence-electron chi connectivity index (χ2n) is 3.65. The number of carbonyl (C=O) groups is 1. The highest BCUT2D eigenvalue weighted by Gasteiger charge is 2.06. The maximum Gasteiger partial charge on any atom is 0.319 e. The zero-order valence-electron chi connectivity index (χ0n) is 9.32. The molecule has 0 saturated heterocycles. The second kappa shape index (κ2) is 5.25. The van der Waals surface area contributed by atoms with Crippen LogP contribution in [0.25, 0.3) is 0 Å². The van der Waals surface area contributed by atoms with Crippen molar-refractivity contribution < 1.29 is 15.0 Å². The summed E-state index contributed by atoms with van der Waals surface area (Å²) in [6.45, 7) is 3.85. The second-order valence-corrected chi connectivity index (χ2v) is 3.65. The number of benzene rings is 1. The van der Waals surface area contributed by atoms with Gasteiger partial charge in [0, 0.05) is 29.9 Å². The lowest BCUT2D eigenvalue weighted by atomic mass is 10.2. The van der Waals surface area contributed by atoms with Gasteiger partial charge in [-0.15, -0.1) is 0 Å². The van der Waals surface area contributed by atoms with Crippen molar-refractivity contribution in [3.63, 3.8) is 0 Å². The Labute approximate surface area is 94.1 Å². The van der Waals surface area contributed by atoms with Crippen molar-refractivity contribution in [2.24, 2.45) is 0 Å². The van der Waals surface area contributed by atoms with E-state index in [0.717, 1.165) is 6.42 Å². The smallest absolute Gasteiger partial charge is 0.319 e. The molecule has 4 N–H and O–H groups in total. The molecule has 1 unspecified atom stereocenters. The third kappa shape index (κ3) is 3.68. The van der Waals surface area contributed by atoms with Gasteiger partial charge < -0.3 is 20.8 Å². The number of aromatic hydroxyl groups is 2. The van der Waals surface area contributed by atoms with Crippen LogP contribution in [0.5, 0.6) is 11.5 Å². The molecule has 88 valence electrons. The number of phenols is 2. The number of hydrogen-bond donors (Lipinski definition) is 4. The number of anilines is 1. The molecular formula is C11H16N2O3. The first-order valence-corrected chi connectivity index (χ1v) is 5.11. The summed E-state index contributed by atoms with van der Waals surface area (Å²) in [6.07, 6.45) is 0.832. The zero-order valence-corrected chi connectivity index (χ0v) is 9.32. The largest absolute Gasteiger partial charge is 0.508 e. The molecule has 1 rings (SSSR count). The molecule has 0 aromatic heterocycles. The normalized spacial score (nSPS) is 11.9. The predicted octanol–water partition coefficient (Wildman–Crippen LogP) is 2.02. The van der Waals surface area contributed by atoms with E-state index < -0.39 is 0 Å². The molecule has 0 aliphatic rings. The summed E-state index contributed by atoms with van der Waals surface area (Å²) in [5, 5.41) is 23.6. The lowest BCUT2D eigenvalue weighted by molar-refractivity contribution is 0.249. The van der Waals surface area contributed by atoms with E-state index in [1.54, 1.807) is 0 Å². The van der Waals surface area contributed by atoms with Gasteiger partial charge in [0.2, 0.25) is 0 Å². The summed E-state index contributed by atoms with van der Waals surface area (Å²) in [5.74, 6) is -0.197. The number of nitrogens with one attached hydrogen (secondary N) is 2. The first-order valence-electron chi connectivity index (χ1n) is 5.11. The first-order chi connectivity index (χ1) is 7.51. The summed E-state index contributed by atoms with van der Waals surface area (Å²) in [4.78, 5) is 11.4. The molecule has 0 aliphatic heterocycles. The Morgan fingerprint density at radius 3 is 2.38 bits per heavy atom. The molecule has 2 amide bonds. The van der Waals surface area contributed by atoms with E-state index in [1.165, 1.54) is 18.2 Å². The molecule has 0 radical (unpaired) electrons. The quantitative estimate of drug-likeness (QED) is 0.634. The van der Waals surface area contributed by atoms with Gasteiger partial charge in [0.15, 0.2) is 0 Å². The minimum Gasteiger partial charge on any atom is -0.508 e. The lowest BCUT2D eigenvalue weighted by Crippen LogP contribution is -2.35. The van der Waals surface area contributed by atoms with Gasteiger partial charge in [-0.25, -0.2) is 4.79 Å². The Bertz CT molecular complexity index is 359. The Morgan fingerprint density at radius 1 is 1.31 bits per heavy atom. The Morgan fingerprint density at radius 2 is 1.88 bits per heavy atom. The summed E-state index contributed by atoms with van der Waals surface area (Å²) in [5.41, 5.74) is 0.346. The van der Waals surface area contributed by atoms with Crippen LogP contribution >= 0.6 is 0 Å². The van der Waals surface area contributed by atoms with Crippen molar-refractivity contribution in [2.75, 3.05) is 5.32 Å². The molecule has 1 aromatic carbocycles. The molecule has 0 spiro atoms. The molecule has 0 aliphatic carbocycles. The first kappa shape index (κ1) is 12.2. The molecular weight excluding hydrogens is 208 g/mol. The van der Waals surface area contributed by atoms with E-state index in [9.17, 15) is 15.0 Å². The fourth-order valence-electron chi connectivity index (χ4n) is 1.16. The van der Waals surface area contributed by atoms with E-state index in [2.05, 4.69) is 10.6 Å². The number of hydrogen-bond acceptors (Lipinski definition) is 3. The fraction of sp³-hybridized carbons (Fsp3) is 0.364. The highest BCUT2D eigenvalue weighted by Crippen LogP contribution is 2.23. The van der Waals surface area contributed by atoms with E-state index in [-0.39, 0.29) is 23.6 Å². The monoisotopic (exact) mass is 224 g/mol. The molecule has 5 heteroatoms. The molecule has 0 fully saturated rings. The topological polar surface area (TPSA) is 81.6 Å². The minimum atomic E-state index is -0.362. The summed E-state index contributed by atoms with van der Waals surface area (Å²) >= 11 is 0. The number of amides is 2. The molecule has 0 saturated carbocycles. The third-order valence-corrected chi connectivity index (χ3v) is 2.15. The van der Waals surface area contributed by atoms with E-state index >= 15 is 0 Å². The van der Waals surface area contributed by atoms with Crippen LogP contribution in [0.1, 0.15) is 20.3 Å². The van der Waals surface area contributed by atoms with Gasteiger partial charge in [0.05, 0.1) is 0 Å². The van der Waals surface area contributed by atoms with Crippen molar-refractivity contribution in [2.45, 2.75) is 26.3 Å². The average Bonchev–Trinajstić information content (AvgIpc) is 2.15. The van der Waals surface area contributed by atoms with Crippen molar-refractivity contribution in [3.8, 4) is 11.5 Å². The lowest BCUT2D eigenvalue weighted by Gasteiger charge is -2.12. The number of rotatable bonds is 3. The predicted molar refractivity (Wildman–Crippen MR) is 61.7 cm³/mol. The van der Waals surface area contributed by atoms with Gasteiger partial charge in [-0.05, 0) is 13.3 Å². The van der Waals surface area contributed by atoms with Gasteiger partial charge in [0.25, 0.3) is 0 Å². The molecule has 0 bridgehead atoms. The Hall–Kier alpha value is -1.91. The van der Waals surface area contributed by atoms with Crippen LogP contribution in [0.2, 0.25) is 0 Å². The van der Waals surface area contributed by atoms with Crippen molar-refractivity contribution >= 4 is 11.7 Å². The van der Waals surface area contributed by atoms with Gasteiger partial charge in [-0.3, -0.25) is 0 Å². The van der Waals surface area contributed by atoms with Crippen LogP contribution in [0.3, 0.4) is 0 Å². The zero-order chi connectivity index (χ0) is 12.1. The number of carbonyl (C=O) groups excluding carboxylic acids is 1. The van der Waals surface area contributed by atoms with E-state index in [4.69, 9.17) is 0 Å². The van der Waals surface area contributed by atoms with Crippen LogP contribution < -0.4 is 10.6 Å². The summed E-state index contributed by atoms with van der Waals surface area (Å²) < 4.78 is 0. The van der Waals surface area contributed by atoms with Gasteiger partial charge >= 0.3 is 6.03 Å². The molecule has 16 heavy (non-hydrogen) atoms. The van der Waals surface area contributed by atoms with Crippen molar-refractivity contribution in [1.29, 1.82) is 0 Å². The fourth-order valence-corrected chi connectivity index (χ4v) is 1.16.